The fourth-order valence-corrected chi connectivity index (χ4v) is 5.33. The summed E-state index contributed by atoms with van der Waals surface area (Å²) in [4.78, 5) is 0. The predicted octanol–water partition coefficient (Wildman–Crippen LogP) is -3.86. The molecule has 2 saturated heterocycles. The predicted molar refractivity (Wildman–Crippen MR) is 145 cm³/mol. The van der Waals surface area contributed by atoms with Crippen LogP contribution in [0.15, 0.2) is 41.0 Å². The van der Waals surface area contributed by atoms with Gasteiger partial charge in [0.15, 0.2) is 12.6 Å². The van der Waals surface area contributed by atoms with Gasteiger partial charge < -0.3 is 77.6 Å². The normalized spacial score (nSPS) is 43.4. The summed E-state index contributed by atoms with van der Waals surface area (Å²) in [5, 5.41) is 51.9. The highest BCUT2D eigenvalue weighted by molar-refractivity contribution is 5.76. The molecule has 2 aromatic rings. The van der Waals surface area contributed by atoms with E-state index in [4.69, 9.17) is 52.0 Å². The molecule has 232 valence electrons. The zero-order valence-corrected chi connectivity index (χ0v) is 22.5. The lowest BCUT2D eigenvalue weighted by Crippen LogP contribution is -2.68. The number of para-hydroxylation sites is 1. The van der Waals surface area contributed by atoms with E-state index in [0.717, 1.165) is 11.0 Å². The molecular weight excluding hydrogens is 542 g/mol. The lowest BCUT2D eigenvalue weighted by atomic mass is 9.84. The van der Waals surface area contributed by atoms with Crippen LogP contribution >= 0.6 is 0 Å². The number of fused-ring (bicyclic) bond motifs is 1. The summed E-state index contributed by atoms with van der Waals surface area (Å²) in [5.74, 6) is 0. The average molecular weight is 586 g/mol. The van der Waals surface area contributed by atoms with Crippen LogP contribution in [0.3, 0.4) is 0 Å². The first kappa shape index (κ1) is 32.1. The average Bonchev–Trinajstić information content (AvgIpc) is 3.43. The Morgan fingerprint density at radius 2 is 1.39 bits per heavy atom. The third-order valence-corrected chi connectivity index (χ3v) is 7.78. The van der Waals surface area contributed by atoms with Gasteiger partial charge >= 0.3 is 0 Å². The third kappa shape index (κ3) is 7.23. The number of benzene rings is 1. The smallest absolute Gasteiger partial charge is 0.186 e. The Morgan fingerprint density at radius 1 is 0.756 bits per heavy atom. The second kappa shape index (κ2) is 14.1. The molecule has 0 bridgehead atoms. The Morgan fingerprint density at radius 3 is 2.02 bits per heavy atom. The van der Waals surface area contributed by atoms with E-state index in [1.165, 1.54) is 0 Å². The van der Waals surface area contributed by atoms with Crippen LogP contribution in [0.1, 0.15) is 12.8 Å². The van der Waals surface area contributed by atoms with Crippen LogP contribution in [0.5, 0.6) is 0 Å². The van der Waals surface area contributed by atoms with Crippen molar-refractivity contribution in [3.05, 3.63) is 36.6 Å². The van der Waals surface area contributed by atoms with Gasteiger partial charge in [0.25, 0.3) is 0 Å². The maximum Gasteiger partial charge on any atom is 0.186 e. The molecule has 0 radical (unpaired) electrons. The van der Waals surface area contributed by atoms with E-state index in [1.54, 1.807) is 6.26 Å². The number of hydrogen-bond donors (Lipinski definition) is 10. The van der Waals surface area contributed by atoms with Crippen molar-refractivity contribution < 1.29 is 48.9 Å². The fraction of sp³-hybridized carbons (Fsp3) is 0.692. The van der Waals surface area contributed by atoms with Crippen LogP contribution < -0.4 is 28.7 Å². The molecule has 3 fully saturated rings. The van der Waals surface area contributed by atoms with Crippen LogP contribution in [0.25, 0.3) is 11.0 Å². The van der Waals surface area contributed by atoms with Crippen LogP contribution in [0.2, 0.25) is 0 Å². The molecule has 0 spiro atoms. The SMILES string of the molecule is NC[C@H]1O[C@H](O[C@H]2[C@H](O)[C@@H](O[C@H]3O[C@H](CO)[C@@H](O)[C@H](N)[C@H]3O)[C@H](N)C[C@@H]2N)[C@H](N)C[C@@H]1O.c1ccc2occc2c1. The molecule has 0 amide bonds. The van der Waals surface area contributed by atoms with Crippen molar-refractivity contribution in [1.29, 1.82) is 0 Å². The first-order valence-electron chi connectivity index (χ1n) is 13.6. The highest BCUT2D eigenvalue weighted by Crippen LogP contribution is 2.30. The van der Waals surface area contributed by atoms with Gasteiger partial charge in [0.1, 0.15) is 42.2 Å². The second-order valence-corrected chi connectivity index (χ2v) is 10.7. The minimum Gasteiger partial charge on any atom is -0.464 e. The largest absolute Gasteiger partial charge is 0.464 e. The van der Waals surface area contributed by atoms with Crippen molar-refractivity contribution in [2.45, 2.75) is 98.4 Å². The van der Waals surface area contributed by atoms with Crippen molar-refractivity contribution >= 4 is 11.0 Å². The fourth-order valence-electron chi connectivity index (χ4n) is 5.33. The first-order chi connectivity index (χ1) is 19.5. The number of hydrogen-bond acceptors (Lipinski definition) is 15. The molecule has 1 aliphatic carbocycles. The Bertz CT molecular complexity index is 1050. The topological polar surface area (TPSA) is 281 Å². The minimum atomic E-state index is -1.44. The van der Waals surface area contributed by atoms with E-state index < -0.39 is 92.2 Å². The highest BCUT2D eigenvalue weighted by Gasteiger charge is 2.50. The van der Waals surface area contributed by atoms with E-state index >= 15 is 0 Å². The molecule has 15 N–H and O–H groups in total. The third-order valence-electron chi connectivity index (χ3n) is 7.78. The van der Waals surface area contributed by atoms with E-state index in [9.17, 15) is 25.5 Å². The number of rotatable bonds is 6. The summed E-state index contributed by atoms with van der Waals surface area (Å²) in [6, 6.07) is 6.63. The number of nitrogens with two attached hydrogens (primary N) is 5. The van der Waals surface area contributed by atoms with Crippen molar-refractivity contribution in [1.82, 2.24) is 0 Å². The van der Waals surface area contributed by atoms with Gasteiger partial charge in [-0.25, -0.2) is 0 Å². The monoisotopic (exact) mass is 585 g/mol. The number of aliphatic hydroxyl groups excluding tert-OH is 5. The Labute approximate surface area is 237 Å². The van der Waals surface area contributed by atoms with Crippen molar-refractivity contribution in [3.63, 3.8) is 0 Å². The summed E-state index contributed by atoms with van der Waals surface area (Å²) in [5.41, 5.74) is 30.7. The number of furan rings is 1. The Hall–Kier alpha value is -1.80. The first-order valence-corrected chi connectivity index (χ1v) is 13.6. The van der Waals surface area contributed by atoms with Crippen LogP contribution in [0, 0.1) is 0 Å². The summed E-state index contributed by atoms with van der Waals surface area (Å²) < 4.78 is 27.8. The van der Waals surface area contributed by atoms with Crippen molar-refractivity contribution in [2.24, 2.45) is 28.7 Å². The number of aliphatic hydroxyl groups is 5. The van der Waals surface area contributed by atoms with Gasteiger partial charge in [-0.3, -0.25) is 0 Å². The van der Waals surface area contributed by atoms with E-state index in [-0.39, 0.29) is 19.4 Å². The van der Waals surface area contributed by atoms with Gasteiger partial charge in [0.2, 0.25) is 0 Å². The quantitative estimate of drug-likeness (QED) is 0.155. The van der Waals surface area contributed by atoms with Crippen LogP contribution in [0.4, 0.5) is 0 Å². The summed E-state index contributed by atoms with van der Waals surface area (Å²) in [7, 11) is 0. The second-order valence-electron chi connectivity index (χ2n) is 10.7. The van der Waals surface area contributed by atoms with Crippen molar-refractivity contribution in [2.75, 3.05) is 13.2 Å². The molecule has 1 aromatic heterocycles. The van der Waals surface area contributed by atoms with E-state index in [1.807, 2.05) is 30.3 Å². The van der Waals surface area contributed by atoms with E-state index in [2.05, 4.69) is 0 Å². The standard InChI is InChI=1S/C18H37N5O9.C8H6O/c19-3-9-8(25)2-7(22)17(29-9)31-15-5(20)1-6(21)16(14(15)28)32-18-13(27)11(23)12(26)10(4-24)30-18;1-2-4-8-7(3-1)5-6-9-8/h5-18,24-28H,1-4,19-23H2;1-6H/t5-,6+,7+,8-,9+,10+,11-,12+,13+,14-,15+,16-,17+,18+;/m0./s1. The van der Waals surface area contributed by atoms with E-state index in [0.29, 0.717) is 0 Å². The van der Waals surface area contributed by atoms with Gasteiger partial charge in [0, 0.05) is 24.0 Å². The molecule has 3 heterocycles. The van der Waals surface area contributed by atoms with Crippen LogP contribution in [-0.4, -0.2) is 124 Å². The lowest BCUT2D eigenvalue weighted by Gasteiger charge is -2.47. The lowest BCUT2D eigenvalue weighted by molar-refractivity contribution is -0.314. The van der Waals surface area contributed by atoms with Gasteiger partial charge in [-0.15, -0.1) is 0 Å². The molecule has 15 nitrogen and oxygen atoms in total. The molecule has 15 heteroatoms. The van der Waals surface area contributed by atoms with Crippen molar-refractivity contribution in [3.8, 4) is 0 Å². The van der Waals surface area contributed by atoms with Gasteiger partial charge in [-0.2, -0.15) is 0 Å². The Kier molecular flexibility index (Phi) is 11.1. The maximum absolute atomic E-state index is 11.0. The summed E-state index contributed by atoms with van der Waals surface area (Å²) >= 11 is 0. The summed E-state index contributed by atoms with van der Waals surface area (Å²) in [6.45, 7) is -0.499. The van der Waals surface area contributed by atoms with Gasteiger partial charge in [-0.1, -0.05) is 18.2 Å². The molecule has 1 aromatic carbocycles. The molecule has 0 unspecified atom stereocenters. The molecule has 2 aliphatic heterocycles. The van der Waals surface area contributed by atoms with Gasteiger partial charge in [0.05, 0.1) is 37.2 Å². The minimum absolute atomic E-state index is 0.0542. The Balaban J connectivity index is 0.000000360. The van der Waals surface area contributed by atoms with Crippen LogP contribution in [-0.2, 0) is 18.9 Å². The zero-order chi connectivity index (χ0) is 29.8. The highest BCUT2D eigenvalue weighted by atomic mass is 16.7. The number of ether oxygens (including phenoxy) is 4. The molecule has 3 aliphatic rings. The molecule has 1 saturated carbocycles. The molecule has 41 heavy (non-hydrogen) atoms. The summed E-state index contributed by atoms with van der Waals surface area (Å²) in [6.07, 6.45) is -9.06. The molecule has 14 atom stereocenters. The van der Waals surface area contributed by atoms with Gasteiger partial charge in [-0.05, 0) is 25.0 Å². The zero-order valence-electron chi connectivity index (χ0n) is 22.5. The molecule has 5 rings (SSSR count). The molecular formula is C26H43N5O10. The maximum atomic E-state index is 11.0.